The van der Waals surface area contributed by atoms with Gasteiger partial charge in [0.2, 0.25) is 0 Å². The smallest absolute Gasteiger partial charge is 0.263 e. The summed E-state index contributed by atoms with van der Waals surface area (Å²) in [5, 5.41) is 6.06. The van der Waals surface area contributed by atoms with E-state index in [0.29, 0.717) is 5.89 Å². The summed E-state index contributed by atoms with van der Waals surface area (Å²) < 4.78 is 5.37. The van der Waals surface area contributed by atoms with E-state index < -0.39 is 0 Å². The highest BCUT2D eigenvalue weighted by molar-refractivity contribution is 7.12. The van der Waals surface area contributed by atoms with E-state index in [4.69, 9.17) is 4.52 Å². The second kappa shape index (κ2) is 6.52. The lowest BCUT2D eigenvalue weighted by Gasteiger charge is -2.30. The van der Waals surface area contributed by atoms with Crippen LogP contribution in [0.5, 0.6) is 0 Å². The van der Waals surface area contributed by atoms with Gasteiger partial charge >= 0.3 is 0 Å². The number of hydrogen-bond donors (Lipinski definition) is 0. The second-order valence-corrected chi connectivity index (χ2v) is 6.69. The zero-order chi connectivity index (χ0) is 16.4. The van der Waals surface area contributed by atoms with Gasteiger partial charge in [-0.05, 0) is 36.4 Å². The number of piperidine rings is 1. The summed E-state index contributed by atoms with van der Waals surface area (Å²) in [6.07, 6.45) is 5.11. The third-order valence-electron chi connectivity index (χ3n) is 4.25. The Balaban J connectivity index is 1.41. The second-order valence-electron chi connectivity index (χ2n) is 5.74. The molecule has 4 rings (SSSR count). The first-order valence-corrected chi connectivity index (χ1v) is 8.76. The largest absolute Gasteiger partial charge is 0.338 e. The Labute approximate surface area is 143 Å². The van der Waals surface area contributed by atoms with Crippen molar-refractivity contribution in [2.45, 2.75) is 18.8 Å². The van der Waals surface area contributed by atoms with Gasteiger partial charge < -0.3 is 9.42 Å². The van der Waals surface area contributed by atoms with Crippen LogP contribution in [0.1, 0.15) is 34.3 Å². The van der Waals surface area contributed by atoms with E-state index >= 15 is 0 Å². The number of likely N-dealkylation sites (tertiary alicyclic amines) is 1. The first-order valence-electron chi connectivity index (χ1n) is 7.88. The lowest BCUT2D eigenvalue weighted by atomic mass is 9.96. The minimum absolute atomic E-state index is 0.119. The van der Waals surface area contributed by atoms with E-state index in [0.717, 1.165) is 42.2 Å². The number of carbonyl (C=O) groups is 1. The quantitative estimate of drug-likeness (QED) is 0.732. The topological polar surface area (TPSA) is 72.1 Å². The van der Waals surface area contributed by atoms with Crippen LogP contribution < -0.4 is 0 Å². The molecule has 0 N–H and O–H groups in total. The van der Waals surface area contributed by atoms with Crippen LogP contribution in [-0.2, 0) is 0 Å². The molecule has 24 heavy (non-hydrogen) atoms. The van der Waals surface area contributed by atoms with Crippen molar-refractivity contribution in [2.75, 3.05) is 13.1 Å². The summed E-state index contributed by atoms with van der Waals surface area (Å²) in [7, 11) is 0. The third-order valence-corrected chi connectivity index (χ3v) is 5.11. The summed E-state index contributed by atoms with van der Waals surface area (Å²) in [6, 6.07) is 7.48. The molecule has 0 radical (unpaired) electrons. The molecular formula is C17H16N4O2S. The Hall–Kier alpha value is -2.54. The number of aromatic nitrogens is 3. The number of carbonyl (C=O) groups excluding carboxylic acids is 1. The fourth-order valence-corrected chi connectivity index (χ4v) is 3.60. The van der Waals surface area contributed by atoms with Crippen LogP contribution in [0.3, 0.4) is 0 Å². The van der Waals surface area contributed by atoms with E-state index in [9.17, 15) is 4.79 Å². The minimum atomic E-state index is 0.119. The van der Waals surface area contributed by atoms with Crippen LogP contribution in [-0.4, -0.2) is 39.0 Å². The van der Waals surface area contributed by atoms with Gasteiger partial charge in [0.1, 0.15) is 0 Å². The van der Waals surface area contributed by atoms with Crippen LogP contribution >= 0.6 is 11.3 Å². The Morgan fingerprint density at radius 3 is 2.71 bits per heavy atom. The summed E-state index contributed by atoms with van der Waals surface area (Å²) in [5.41, 5.74) is 0.869. The van der Waals surface area contributed by atoms with Gasteiger partial charge in [0.05, 0.1) is 4.88 Å². The Morgan fingerprint density at radius 1 is 1.21 bits per heavy atom. The number of hydrogen-bond acceptors (Lipinski definition) is 6. The van der Waals surface area contributed by atoms with Crippen molar-refractivity contribution in [3.8, 4) is 11.5 Å². The highest BCUT2D eigenvalue weighted by Crippen LogP contribution is 2.28. The zero-order valence-corrected chi connectivity index (χ0v) is 13.8. The fourth-order valence-electron chi connectivity index (χ4n) is 2.91. The number of thiophene rings is 1. The molecule has 7 heteroatoms. The molecule has 1 saturated heterocycles. The van der Waals surface area contributed by atoms with Crippen molar-refractivity contribution in [2.24, 2.45) is 0 Å². The van der Waals surface area contributed by atoms with Gasteiger partial charge in [-0.1, -0.05) is 11.2 Å². The molecule has 0 aliphatic carbocycles. The molecule has 3 aromatic heterocycles. The maximum Gasteiger partial charge on any atom is 0.263 e. The highest BCUT2D eigenvalue weighted by atomic mass is 32.1. The molecule has 1 fully saturated rings. The van der Waals surface area contributed by atoms with E-state index in [-0.39, 0.29) is 11.8 Å². The van der Waals surface area contributed by atoms with Crippen molar-refractivity contribution in [3.63, 3.8) is 0 Å². The number of pyridine rings is 1. The molecule has 0 saturated carbocycles. The monoisotopic (exact) mass is 340 g/mol. The molecule has 122 valence electrons. The molecule has 0 spiro atoms. The molecular weight excluding hydrogens is 324 g/mol. The molecule has 0 bridgehead atoms. The Bertz CT molecular complexity index is 808. The number of amides is 1. The molecule has 1 amide bonds. The van der Waals surface area contributed by atoms with Gasteiger partial charge in [0.25, 0.3) is 11.8 Å². The number of nitrogens with zero attached hydrogens (tertiary/aromatic N) is 4. The van der Waals surface area contributed by atoms with Crippen LogP contribution in [0.4, 0.5) is 0 Å². The highest BCUT2D eigenvalue weighted by Gasteiger charge is 2.27. The molecule has 1 aliphatic heterocycles. The van der Waals surface area contributed by atoms with Crippen LogP contribution in [0.2, 0.25) is 0 Å². The van der Waals surface area contributed by atoms with Crippen LogP contribution in [0, 0.1) is 0 Å². The summed E-state index contributed by atoms with van der Waals surface area (Å²) in [5.74, 6) is 1.60. The first kappa shape index (κ1) is 15.0. The Morgan fingerprint density at radius 2 is 2.00 bits per heavy atom. The average Bonchev–Trinajstić information content (AvgIpc) is 3.34. The van der Waals surface area contributed by atoms with Crippen molar-refractivity contribution < 1.29 is 9.32 Å². The van der Waals surface area contributed by atoms with Crippen LogP contribution in [0.15, 0.2) is 46.6 Å². The molecule has 3 aromatic rings. The molecule has 4 heterocycles. The summed E-state index contributed by atoms with van der Waals surface area (Å²) in [4.78, 5) is 23.6. The van der Waals surface area contributed by atoms with Gasteiger partial charge in [-0.15, -0.1) is 11.3 Å². The summed E-state index contributed by atoms with van der Waals surface area (Å²) >= 11 is 1.49. The van der Waals surface area contributed by atoms with Gasteiger partial charge in [0.15, 0.2) is 5.82 Å². The minimum Gasteiger partial charge on any atom is -0.338 e. The standard InChI is InChI=1S/C17H16N4O2S/c22-17(14-2-1-11-24-14)21-9-5-12(6-10-21)15-19-16(23-20-15)13-3-7-18-8-4-13/h1-4,7-8,11-12H,5-6,9-10H2. The first-order chi connectivity index (χ1) is 11.8. The molecule has 0 unspecified atom stereocenters. The predicted molar refractivity (Wildman–Crippen MR) is 89.7 cm³/mol. The average molecular weight is 340 g/mol. The third kappa shape index (κ3) is 2.94. The van der Waals surface area contributed by atoms with Crippen LogP contribution in [0.25, 0.3) is 11.5 Å². The zero-order valence-electron chi connectivity index (χ0n) is 13.0. The fraction of sp³-hybridized carbons (Fsp3) is 0.294. The molecule has 0 atom stereocenters. The normalized spacial score (nSPS) is 15.6. The van der Waals surface area contributed by atoms with Crippen molar-refractivity contribution in [1.82, 2.24) is 20.0 Å². The number of rotatable bonds is 3. The Kier molecular flexibility index (Phi) is 4.08. The lowest BCUT2D eigenvalue weighted by molar-refractivity contribution is 0.0715. The summed E-state index contributed by atoms with van der Waals surface area (Å²) in [6.45, 7) is 1.45. The van der Waals surface area contributed by atoms with Crippen molar-refractivity contribution >= 4 is 17.2 Å². The van der Waals surface area contributed by atoms with Gasteiger partial charge in [-0.25, -0.2) is 0 Å². The van der Waals surface area contributed by atoms with E-state index in [2.05, 4.69) is 15.1 Å². The van der Waals surface area contributed by atoms with Gasteiger partial charge in [-0.3, -0.25) is 9.78 Å². The SMILES string of the molecule is O=C(c1cccs1)N1CCC(c2noc(-c3ccncc3)n2)CC1. The van der Waals surface area contributed by atoms with Gasteiger partial charge in [0, 0.05) is 37.0 Å². The van der Waals surface area contributed by atoms with Gasteiger partial charge in [-0.2, -0.15) is 4.98 Å². The lowest BCUT2D eigenvalue weighted by Crippen LogP contribution is -2.37. The molecule has 0 aromatic carbocycles. The van der Waals surface area contributed by atoms with E-state index in [1.54, 1.807) is 12.4 Å². The van der Waals surface area contributed by atoms with Crippen molar-refractivity contribution in [3.05, 3.63) is 52.7 Å². The predicted octanol–water partition coefficient (Wildman–Crippen LogP) is 3.21. The molecule has 6 nitrogen and oxygen atoms in total. The van der Waals surface area contributed by atoms with E-state index in [1.807, 2.05) is 34.5 Å². The van der Waals surface area contributed by atoms with Crippen molar-refractivity contribution in [1.29, 1.82) is 0 Å². The maximum atomic E-state index is 12.4. The molecule has 1 aliphatic rings. The van der Waals surface area contributed by atoms with E-state index in [1.165, 1.54) is 11.3 Å². The maximum absolute atomic E-state index is 12.4.